The zero-order valence-corrected chi connectivity index (χ0v) is 15.1. The second kappa shape index (κ2) is 9.45. The van der Waals surface area contributed by atoms with Crippen molar-refractivity contribution < 1.29 is 4.79 Å². The number of hydrogen-bond donors (Lipinski definition) is 3. The van der Waals surface area contributed by atoms with Crippen LogP contribution in [0.1, 0.15) is 32.6 Å². The molecule has 6 nitrogen and oxygen atoms in total. The Balaban J connectivity index is 0.00000220. The number of likely N-dealkylation sites (N-methyl/N-ethyl adjacent to an activating group) is 1. The Morgan fingerprint density at radius 1 is 1.29 bits per heavy atom. The molecule has 1 heterocycles. The van der Waals surface area contributed by atoms with Gasteiger partial charge < -0.3 is 16.4 Å². The summed E-state index contributed by atoms with van der Waals surface area (Å²) in [5, 5.41) is 6.00. The lowest BCUT2D eigenvalue weighted by Crippen LogP contribution is -2.43. The molecule has 0 aromatic carbocycles. The molecule has 2 rings (SSSR count). The van der Waals surface area contributed by atoms with E-state index >= 15 is 0 Å². The maximum Gasteiger partial charge on any atom is 0.241 e. The van der Waals surface area contributed by atoms with E-state index in [0.717, 1.165) is 19.6 Å². The van der Waals surface area contributed by atoms with Crippen molar-refractivity contribution in [1.29, 1.82) is 0 Å². The van der Waals surface area contributed by atoms with Crippen LogP contribution in [-0.4, -0.2) is 55.5 Å². The van der Waals surface area contributed by atoms with Gasteiger partial charge in [0.25, 0.3) is 0 Å². The van der Waals surface area contributed by atoms with Gasteiger partial charge in [-0.2, -0.15) is 0 Å². The normalized spacial score (nSPS) is 22.7. The smallest absolute Gasteiger partial charge is 0.241 e. The predicted molar refractivity (Wildman–Crippen MR) is 95.9 cm³/mol. The number of carbonyl (C=O) groups excluding carboxylic acids is 1. The highest BCUT2D eigenvalue weighted by molar-refractivity contribution is 14.0. The van der Waals surface area contributed by atoms with E-state index in [1.54, 1.807) is 0 Å². The van der Waals surface area contributed by atoms with Crippen molar-refractivity contribution in [3.8, 4) is 0 Å². The molecule has 1 aliphatic heterocycles. The third kappa shape index (κ3) is 6.82. The Labute approximate surface area is 144 Å². The standard InChI is InChI=1S/C14H27N5O.HI/c1-2-19-7-3-4-12(19)9-17-14(15)18-10-13(20)16-8-11-5-6-11;/h11-12H,2-10H2,1H3,(H,16,20)(H3,15,17,18);1H. The first-order valence-electron chi connectivity index (χ1n) is 7.73. The summed E-state index contributed by atoms with van der Waals surface area (Å²) in [6.45, 7) is 6.15. The molecule has 21 heavy (non-hydrogen) atoms. The molecule has 0 spiro atoms. The SMILES string of the molecule is CCN1CCCC1CNC(N)=NCC(=O)NCC1CC1.I. The van der Waals surface area contributed by atoms with Gasteiger partial charge in [0.1, 0.15) is 6.54 Å². The van der Waals surface area contributed by atoms with E-state index in [-0.39, 0.29) is 36.4 Å². The molecule has 0 radical (unpaired) electrons. The maximum atomic E-state index is 11.5. The van der Waals surface area contributed by atoms with Crippen molar-refractivity contribution in [3.05, 3.63) is 0 Å². The number of carbonyl (C=O) groups is 1. The number of likely N-dealkylation sites (tertiary alicyclic amines) is 1. The topological polar surface area (TPSA) is 82.8 Å². The van der Waals surface area contributed by atoms with E-state index in [1.165, 1.54) is 32.2 Å². The molecule has 1 unspecified atom stereocenters. The van der Waals surface area contributed by atoms with E-state index in [4.69, 9.17) is 5.73 Å². The second-order valence-electron chi connectivity index (χ2n) is 5.75. The van der Waals surface area contributed by atoms with Gasteiger partial charge in [0.15, 0.2) is 5.96 Å². The van der Waals surface area contributed by atoms with Crippen molar-refractivity contribution in [2.45, 2.75) is 38.6 Å². The summed E-state index contributed by atoms with van der Waals surface area (Å²) in [6.07, 6.45) is 4.93. The van der Waals surface area contributed by atoms with Crippen LogP contribution in [0, 0.1) is 5.92 Å². The van der Waals surface area contributed by atoms with Crippen LogP contribution in [-0.2, 0) is 4.79 Å². The lowest BCUT2D eigenvalue weighted by molar-refractivity contribution is -0.119. The largest absolute Gasteiger partial charge is 0.370 e. The number of guanidine groups is 1. The molecular formula is C14H28IN5O. The quantitative estimate of drug-likeness (QED) is 0.325. The van der Waals surface area contributed by atoms with Crippen LogP contribution in [0.2, 0.25) is 0 Å². The average molecular weight is 409 g/mol. The second-order valence-corrected chi connectivity index (χ2v) is 5.75. The maximum absolute atomic E-state index is 11.5. The Kier molecular flexibility index (Phi) is 8.31. The molecule has 1 saturated carbocycles. The summed E-state index contributed by atoms with van der Waals surface area (Å²) < 4.78 is 0. The average Bonchev–Trinajstić information content (AvgIpc) is 3.17. The Hall–Kier alpha value is -0.570. The lowest BCUT2D eigenvalue weighted by Gasteiger charge is -2.23. The van der Waals surface area contributed by atoms with Crippen molar-refractivity contribution in [1.82, 2.24) is 15.5 Å². The van der Waals surface area contributed by atoms with Crippen LogP contribution in [0.15, 0.2) is 4.99 Å². The molecule has 1 amide bonds. The Morgan fingerprint density at radius 2 is 2.05 bits per heavy atom. The van der Waals surface area contributed by atoms with Crippen LogP contribution in [0.4, 0.5) is 0 Å². The van der Waals surface area contributed by atoms with E-state index in [9.17, 15) is 4.79 Å². The molecule has 2 aliphatic rings. The van der Waals surface area contributed by atoms with E-state index < -0.39 is 0 Å². The zero-order valence-electron chi connectivity index (χ0n) is 12.8. The molecule has 1 atom stereocenters. The minimum atomic E-state index is -0.0438. The number of nitrogens with two attached hydrogens (primary N) is 1. The molecule has 7 heteroatoms. The molecule has 1 saturated heterocycles. The first kappa shape index (κ1) is 18.5. The van der Waals surface area contributed by atoms with Crippen molar-refractivity contribution in [3.63, 3.8) is 0 Å². The summed E-state index contributed by atoms with van der Waals surface area (Å²) >= 11 is 0. The third-order valence-electron chi connectivity index (χ3n) is 4.10. The fourth-order valence-corrected chi connectivity index (χ4v) is 2.61. The van der Waals surface area contributed by atoms with Gasteiger partial charge in [0, 0.05) is 19.1 Å². The highest BCUT2D eigenvalue weighted by Gasteiger charge is 2.23. The van der Waals surface area contributed by atoms with Gasteiger partial charge in [-0.3, -0.25) is 9.69 Å². The monoisotopic (exact) mass is 409 g/mol. The number of aliphatic imine (C=N–C) groups is 1. The molecule has 0 aromatic rings. The van der Waals surface area contributed by atoms with Gasteiger partial charge in [0.05, 0.1) is 0 Å². The van der Waals surface area contributed by atoms with E-state index in [0.29, 0.717) is 17.9 Å². The Bertz CT molecular complexity index is 359. The minimum Gasteiger partial charge on any atom is -0.370 e. The zero-order chi connectivity index (χ0) is 14.4. The molecule has 1 aliphatic carbocycles. The highest BCUT2D eigenvalue weighted by Crippen LogP contribution is 2.27. The molecule has 0 bridgehead atoms. The number of nitrogens with zero attached hydrogens (tertiary/aromatic N) is 2. The minimum absolute atomic E-state index is 0. The van der Waals surface area contributed by atoms with Crippen molar-refractivity contribution in [2.75, 3.05) is 32.7 Å². The number of amides is 1. The van der Waals surface area contributed by atoms with Gasteiger partial charge in [-0.25, -0.2) is 4.99 Å². The third-order valence-corrected chi connectivity index (χ3v) is 4.10. The molecule has 4 N–H and O–H groups in total. The molecular weight excluding hydrogens is 381 g/mol. The Morgan fingerprint density at radius 3 is 2.71 bits per heavy atom. The number of nitrogens with one attached hydrogen (secondary N) is 2. The summed E-state index contributed by atoms with van der Waals surface area (Å²) in [5.41, 5.74) is 5.80. The van der Waals surface area contributed by atoms with Gasteiger partial charge in [-0.1, -0.05) is 6.92 Å². The van der Waals surface area contributed by atoms with Crippen molar-refractivity contribution >= 4 is 35.8 Å². The van der Waals surface area contributed by atoms with Gasteiger partial charge in [0.2, 0.25) is 5.91 Å². The van der Waals surface area contributed by atoms with Crippen molar-refractivity contribution in [2.24, 2.45) is 16.6 Å². The first-order chi connectivity index (χ1) is 9.69. The number of rotatable bonds is 7. The van der Waals surface area contributed by atoms with Gasteiger partial charge in [-0.15, -0.1) is 24.0 Å². The summed E-state index contributed by atoms with van der Waals surface area (Å²) in [6, 6.07) is 0.539. The van der Waals surface area contributed by atoms with Crippen LogP contribution in [0.5, 0.6) is 0 Å². The highest BCUT2D eigenvalue weighted by atomic mass is 127. The van der Waals surface area contributed by atoms with E-state index in [2.05, 4.69) is 27.4 Å². The fourth-order valence-electron chi connectivity index (χ4n) is 2.61. The predicted octanol–water partition coefficient (Wildman–Crippen LogP) is 0.519. The summed E-state index contributed by atoms with van der Waals surface area (Å²) in [5.74, 6) is 1.02. The summed E-state index contributed by atoms with van der Waals surface area (Å²) in [4.78, 5) is 18.1. The number of hydrogen-bond acceptors (Lipinski definition) is 3. The van der Waals surface area contributed by atoms with Crippen LogP contribution in [0.3, 0.4) is 0 Å². The number of halogens is 1. The van der Waals surface area contributed by atoms with E-state index in [1.807, 2.05) is 0 Å². The first-order valence-corrected chi connectivity index (χ1v) is 7.73. The van der Waals surface area contributed by atoms with Crippen LogP contribution < -0.4 is 16.4 Å². The van der Waals surface area contributed by atoms with Gasteiger partial charge >= 0.3 is 0 Å². The summed E-state index contributed by atoms with van der Waals surface area (Å²) in [7, 11) is 0. The molecule has 2 fully saturated rings. The van der Waals surface area contributed by atoms with Crippen LogP contribution >= 0.6 is 24.0 Å². The molecule has 0 aromatic heterocycles. The van der Waals surface area contributed by atoms with Crippen LogP contribution in [0.25, 0.3) is 0 Å². The van der Waals surface area contributed by atoms with Gasteiger partial charge in [-0.05, 0) is 44.7 Å². The lowest BCUT2D eigenvalue weighted by atomic mass is 10.2. The molecule has 122 valence electrons. The fraction of sp³-hybridized carbons (Fsp3) is 0.857.